The maximum atomic E-state index is 5.90. The van der Waals surface area contributed by atoms with Gasteiger partial charge in [-0.05, 0) is 50.4 Å². The highest BCUT2D eigenvalue weighted by atomic mass is 16.5. The summed E-state index contributed by atoms with van der Waals surface area (Å²) < 4.78 is 11.5. The number of ether oxygens (including phenoxy) is 2. The Morgan fingerprint density at radius 2 is 1.70 bits per heavy atom. The second kappa shape index (κ2) is 9.65. The van der Waals surface area contributed by atoms with E-state index in [1.165, 1.54) is 0 Å². The van der Waals surface area contributed by atoms with Crippen LogP contribution in [0.2, 0.25) is 0 Å². The van der Waals surface area contributed by atoms with Crippen LogP contribution in [0.25, 0.3) is 0 Å². The largest absolute Gasteiger partial charge is 0.490 e. The molecule has 0 aliphatic rings. The average molecular weight is 279 g/mol. The van der Waals surface area contributed by atoms with Crippen LogP contribution in [0.1, 0.15) is 34.1 Å². The van der Waals surface area contributed by atoms with Gasteiger partial charge in [-0.25, -0.2) is 0 Å². The van der Waals surface area contributed by atoms with Crippen molar-refractivity contribution in [2.75, 3.05) is 26.3 Å². The van der Waals surface area contributed by atoms with Crippen molar-refractivity contribution in [2.45, 2.75) is 34.1 Å². The van der Waals surface area contributed by atoms with E-state index in [0.717, 1.165) is 37.6 Å². The number of benzene rings is 1. The van der Waals surface area contributed by atoms with Gasteiger partial charge in [-0.2, -0.15) is 0 Å². The van der Waals surface area contributed by atoms with Crippen molar-refractivity contribution in [3.05, 3.63) is 24.3 Å². The summed E-state index contributed by atoms with van der Waals surface area (Å²) in [6.45, 7) is 12.2. The molecule has 0 radical (unpaired) electrons. The molecule has 3 heteroatoms. The molecule has 114 valence electrons. The fourth-order valence-corrected chi connectivity index (χ4v) is 2.17. The first-order chi connectivity index (χ1) is 9.69. The van der Waals surface area contributed by atoms with Gasteiger partial charge in [-0.3, -0.25) is 0 Å². The lowest BCUT2D eigenvalue weighted by atomic mass is 9.93. The van der Waals surface area contributed by atoms with Gasteiger partial charge in [0, 0.05) is 0 Å². The lowest BCUT2D eigenvalue weighted by Gasteiger charge is -2.21. The van der Waals surface area contributed by atoms with E-state index in [1.54, 1.807) is 0 Å². The van der Waals surface area contributed by atoms with Gasteiger partial charge >= 0.3 is 0 Å². The van der Waals surface area contributed by atoms with Crippen molar-refractivity contribution in [2.24, 2.45) is 11.8 Å². The molecule has 0 aliphatic heterocycles. The highest BCUT2D eigenvalue weighted by Gasteiger charge is 2.13. The molecule has 1 aromatic carbocycles. The molecule has 0 fully saturated rings. The predicted octanol–water partition coefficient (Wildman–Crippen LogP) is 3.74. The van der Waals surface area contributed by atoms with Crippen LogP contribution in [0.3, 0.4) is 0 Å². The number of nitrogens with one attached hydrogen (secondary N) is 1. The highest BCUT2D eigenvalue weighted by molar-refractivity contribution is 5.39. The van der Waals surface area contributed by atoms with Crippen molar-refractivity contribution >= 4 is 0 Å². The normalized spacial score (nSPS) is 12.4. The van der Waals surface area contributed by atoms with Crippen LogP contribution in [0, 0.1) is 11.8 Å². The number of hydrogen-bond acceptors (Lipinski definition) is 3. The van der Waals surface area contributed by atoms with Gasteiger partial charge in [0.05, 0.1) is 13.2 Å². The summed E-state index contributed by atoms with van der Waals surface area (Å²) in [6.07, 6.45) is 1.06. The fourth-order valence-electron chi connectivity index (χ4n) is 2.17. The van der Waals surface area contributed by atoms with Crippen molar-refractivity contribution < 1.29 is 9.47 Å². The third-order valence-electron chi connectivity index (χ3n) is 3.49. The maximum Gasteiger partial charge on any atom is 0.161 e. The van der Waals surface area contributed by atoms with Crippen molar-refractivity contribution in [3.8, 4) is 11.5 Å². The fraction of sp³-hybridized carbons (Fsp3) is 0.647. The van der Waals surface area contributed by atoms with E-state index >= 15 is 0 Å². The predicted molar refractivity (Wildman–Crippen MR) is 84.6 cm³/mol. The molecule has 0 aliphatic carbocycles. The van der Waals surface area contributed by atoms with Crippen LogP contribution in [0.4, 0.5) is 0 Å². The minimum absolute atomic E-state index is 0.647. The lowest BCUT2D eigenvalue weighted by Crippen LogP contribution is -2.27. The first-order valence-electron chi connectivity index (χ1n) is 7.74. The molecule has 0 saturated heterocycles. The Kier molecular flexibility index (Phi) is 8.12. The van der Waals surface area contributed by atoms with Gasteiger partial charge in [0.25, 0.3) is 0 Å². The summed E-state index contributed by atoms with van der Waals surface area (Å²) in [6, 6.07) is 7.88. The third-order valence-corrected chi connectivity index (χ3v) is 3.49. The van der Waals surface area contributed by atoms with Crippen LogP contribution >= 0.6 is 0 Å². The molecule has 20 heavy (non-hydrogen) atoms. The van der Waals surface area contributed by atoms with Gasteiger partial charge in [0.1, 0.15) is 0 Å². The van der Waals surface area contributed by atoms with Gasteiger partial charge in [-0.15, -0.1) is 0 Å². The second-order valence-corrected chi connectivity index (χ2v) is 5.33. The number of rotatable bonds is 10. The Bertz CT molecular complexity index is 366. The summed E-state index contributed by atoms with van der Waals surface area (Å²) in [7, 11) is 0. The molecule has 0 saturated carbocycles. The molecule has 0 bridgehead atoms. The van der Waals surface area contributed by atoms with Crippen LogP contribution in [-0.4, -0.2) is 26.3 Å². The first kappa shape index (κ1) is 16.8. The zero-order valence-electron chi connectivity index (χ0n) is 13.3. The molecule has 0 aromatic heterocycles. The molecule has 1 rings (SSSR count). The Morgan fingerprint density at radius 3 is 2.25 bits per heavy atom. The minimum Gasteiger partial charge on any atom is -0.490 e. The second-order valence-electron chi connectivity index (χ2n) is 5.33. The molecule has 0 amide bonds. The molecule has 0 spiro atoms. The molecule has 1 N–H and O–H groups in total. The smallest absolute Gasteiger partial charge is 0.161 e. The van der Waals surface area contributed by atoms with E-state index < -0.39 is 0 Å². The van der Waals surface area contributed by atoms with Crippen LogP contribution in [-0.2, 0) is 0 Å². The lowest BCUT2D eigenvalue weighted by molar-refractivity contribution is 0.232. The highest BCUT2D eigenvalue weighted by Crippen LogP contribution is 2.27. The molecule has 3 nitrogen and oxygen atoms in total. The van der Waals surface area contributed by atoms with Gasteiger partial charge in [0.2, 0.25) is 0 Å². The van der Waals surface area contributed by atoms with E-state index in [1.807, 2.05) is 31.2 Å². The standard InChI is InChI=1S/C17H29NO2/c1-5-18-13-15(14(3)4)11-12-20-17-10-8-7-9-16(17)19-6-2/h7-10,14-15,18H,5-6,11-13H2,1-4H3. The van der Waals surface area contributed by atoms with E-state index in [-0.39, 0.29) is 0 Å². The van der Waals surface area contributed by atoms with Gasteiger partial charge < -0.3 is 14.8 Å². The Hall–Kier alpha value is -1.22. The minimum atomic E-state index is 0.647. The van der Waals surface area contributed by atoms with Crippen LogP contribution < -0.4 is 14.8 Å². The van der Waals surface area contributed by atoms with E-state index in [2.05, 4.69) is 26.1 Å². The van der Waals surface area contributed by atoms with Crippen LogP contribution in [0.5, 0.6) is 11.5 Å². The SMILES string of the molecule is CCNCC(CCOc1ccccc1OCC)C(C)C. The molecular weight excluding hydrogens is 250 g/mol. The Balaban J connectivity index is 2.45. The Morgan fingerprint density at radius 1 is 1.05 bits per heavy atom. The summed E-state index contributed by atoms with van der Waals surface area (Å²) >= 11 is 0. The number of para-hydroxylation sites is 2. The van der Waals surface area contributed by atoms with Crippen LogP contribution in [0.15, 0.2) is 24.3 Å². The number of hydrogen-bond donors (Lipinski definition) is 1. The molecular formula is C17H29NO2. The van der Waals surface area contributed by atoms with E-state index in [0.29, 0.717) is 18.4 Å². The summed E-state index contributed by atoms with van der Waals surface area (Å²) in [5.41, 5.74) is 0. The molecule has 0 heterocycles. The monoisotopic (exact) mass is 279 g/mol. The van der Waals surface area contributed by atoms with E-state index in [4.69, 9.17) is 9.47 Å². The summed E-state index contributed by atoms with van der Waals surface area (Å²) in [4.78, 5) is 0. The molecule has 1 atom stereocenters. The molecule has 1 aromatic rings. The Labute approximate surface area is 123 Å². The van der Waals surface area contributed by atoms with Crippen molar-refractivity contribution in [3.63, 3.8) is 0 Å². The van der Waals surface area contributed by atoms with Crippen molar-refractivity contribution in [1.82, 2.24) is 5.32 Å². The van der Waals surface area contributed by atoms with Gasteiger partial charge in [0.15, 0.2) is 11.5 Å². The van der Waals surface area contributed by atoms with Crippen molar-refractivity contribution in [1.29, 1.82) is 0 Å². The average Bonchev–Trinajstić information content (AvgIpc) is 2.44. The molecule has 1 unspecified atom stereocenters. The topological polar surface area (TPSA) is 30.5 Å². The zero-order chi connectivity index (χ0) is 14.8. The zero-order valence-corrected chi connectivity index (χ0v) is 13.3. The van der Waals surface area contributed by atoms with Gasteiger partial charge in [-0.1, -0.05) is 32.9 Å². The summed E-state index contributed by atoms with van der Waals surface area (Å²) in [5.74, 6) is 3.00. The maximum absolute atomic E-state index is 5.90. The quantitative estimate of drug-likeness (QED) is 0.708. The summed E-state index contributed by atoms with van der Waals surface area (Å²) in [5, 5.41) is 3.43. The third kappa shape index (κ3) is 5.83. The van der Waals surface area contributed by atoms with E-state index in [9.17, 15) is 0 Å². The first-order valence-corrected chi connectivity index (χ1v) is 7.74.